The maximum atomic E-state index is 12.7. The van der Waals surface area contributed by atoms with E-state index in [1.54, 1.807) is 21.9 Å². The lowest BCUT2D eigenvalue weighted by Crippen LogP contribution is -2.53. The van der Waals surface area contributed by atoms with Crippen molar-refractivity contribution in [3.63, 3.8) is 0 Å². The number of hydrogen-bond donors (Lipinski definition) is 2. The minimum Gasteiger partial charge on any atom is -0.492 e. The molecule has 1 aromatic carbocycles. The number of urea groups is 1. The molecule has 0 unspecified atom stereocenters. The van der Waals surface area contributed by atoms with E-state index < -0.39 is 5.60 Å². The number of nitrogens with one attached hydrogen (secondary N) is 1. The molecule has 198 valence electrons. The Bertz CT molecular complexity index is 1240. The highest BCUT2D eigenvalue weighted by atomic mass is 35.5. The standard InChI is InChI=1S/C25H30Cl2N6O4/c1-25(2,3)37-24(35)33-8-13(9-33)12-36-19-7-14(26)6-17(27)20(19)21-16-10-32(23(34)29-15-4-5-15)11-18(16)30-22(28)31-21/h6-7,13,15H,4-5,8-12H2,1-3H3,(H,29,34)(H2,28,30,31). The molecule has 1 saturated heterocycles. The average molecular weight is 549 g/mol. The fourth-order valence-corrected chi connectivity index (χ4v) is 4.93. The Hall–Kier alpha value is -2.98. The van der Waals surface area contributed by atoms with Crippen LogP contribution in [0.1, 0.15) is 44.9 Å². The van der Waals surface area contributed by atoms with Crippen LogP contribution in [0.2, 0.25) is 10.0 Å². The number of rotatable bonds is 5. The van der Waals surface area contributed by atoms with Crippen molar-refractivity contribution in [1.82, 2.24) is 25.1 Å². The van der Waals surface area contributed by atoms with E-state index in [9.17, 15) is 9.59 Å². The topological polar surface area (TPSA) is 123 Å². The molecule has 37 heavy (non-hydrogen) atoms. The number of anilines is 1. The van der Waals surface area contributed by atoms with Gasteiger partial charge in [0.1, 0.15) is 11.4 Å². The van der Waals surface area contributed by atoms with E-state index in [2.05, 4.69) is 15.3 Å². The average Bonchev–Trinajstić information content (AvgIpc) is 3.45. The van der Waals surface area contributed by atoms with Crippen molar-refractivity contribution in [2.75, 3.05) is 25.4 Å². The smallest absolute Gasteiger partial charge is 0.410 e. The number of carbonyl (C=O) groups excluding carboxylic acids is 2. The van der Waals surface area contributed by atoms with Crippen molar-refractivity contribution in [2.24, 2.45) is 5.92 Å². The third kappa shape index (κ3) is 5.80. The van der Waals surface area contributed by atoms with Gasteiger partial charge in [0.15, 0.2) is 0 Å². The summed E-state index contributed by atoms with van der Waals surface area (Å²) in [5, 5.41) is 3.77. The molecule has 2 aliphatic heterocycles. The van der Waals surface area contributed by atoms with Crippen LogP contribution in [-0.4, -0.2) is 63.2 Å². The molecular weight excluding hydrogens is 519 g/mol. The summed E-state index contributed by atoms with van der Waals surface area (Å²) in [6.45, 7) is 7.58. The molecule has 1 aliphatic carbocycles. The predicted octanol–water partition coefficient (Wildman–Crippen LogP) is 4.47. The van der Waals surface area contributed by atoms with Crippen LogP contribution in [0.3, 0.4) is 0 Å². The number of fused-ring (bicyclic) bond motifs is 1. The van der Waals surface area contributed by atoms with Crippen molar-refractivity contribution in [3.8, 4) is 17.0 Å². The molecule has 0 spiro atoms. The van der Waals surface area contributed by atoms with Crippen LogP contribution < -0.4 is 15.8 Å². The number of likely N-dealkylation sites (tertiary alicyclic amines) is 1. The van der Waals surface area contributed by atoms with Gasteiger partial charge >= 0.3 is 12.1 Å². The molecule has 3 heterocycles. The van der Waals surface area contributed by atoms with Crippen LogP contribution in [0.25, 0.3) is 11.3 Å². The fourth-order valence-electron chi connectivity index (χ4n) is 4.37. The lowest BCUT2D eigenvalue weighted by molar-refractivity contribution is -0.00778. The highest BCUT2D eigenvalue weighted by molar-refractivity contribution is 6.37. The van der Waals surface area contributed by atoms with E-state index in [0.29, 0.717) is 65.5 Å². The first kappa shape index (κ1) is 25.7. The first-order valence-corrected chi connectivity index (χ1v) is 13.0. The third-order valence-electron chi connectivity index (χ3n) is 6.33. The lowest BCUT2D eigenvalue weighted by Gasteiger charge is -2.39. The number of benzene rings is 1. The Kier molecular flexibility index (Phi) is 6.74. The molecule has 12 heteroatoms. The summed E-state index contributed by atoms with van der Waals surface area (Å²) >= 11 is 13.0. The summed E-state index contributed by atoms with van der Waals surface area (Å²) in [4.78, 5) is 37.1. The van der Waals surface area contributed by atoms with E-state index >= 15 is 0 Å². The summed E-state index contributed by atoms with van der Waals surface area (Å²) in [6.07, 6.45) is 1.67. The molecule has 0 radical (unpaired) electrons. The molecule has 5 rings (SSSR count). The third-order valence-corrected chi connectivity index (χ3v) is 6.85. The largest absolute Gasteiger partial charge is 0.492 e. The first-order valence-electron chi connectivity index (χ1n) is 12.3. The second kappa shape index (κ2) is 9.72. The van der Waals surface area contributed by atoms with E-state index in [1.165, 1.54) is 0 Å². The molecule has 0 bridgehead atoms. The molecule has 2 fully saturated rings. The Balaban J connectivity index is 1.33. The summed E-state index contributed by atoms with van der Waals surface area (Å²) in [7, 11) is 0. The van der Waals surface area contributed by atoms with Crippen molar-refractivity contribution in [2.45, 2.75) is 58.3 Å². The van der Waals surface area contributed by atoms with Crippen LogP contribution in [0.5, 0.6) is 5.75 Å². The number of hydrogen-bond acceptors (Lipinski definition) is 7. The molecule has 0 atom stereocenters. The molecule has 1 aromatic heterocycles. The van der Waals surface area contributed by atoms with Gasteiger partial charge in [-0.3, -0.25) is 0 Å². The van der Waals surface area contributed by atoms with Crippen LogP contribution in [0, 0.1) is 5.92 Å². The number of halogens is 2. The number of carbonyl (C=O) groups is 2. The highest BCUT2D eigenvalue weighted by Gasteiger charge is 2.35. The summed E-state index contributed by atoms with van der Waals surface area (Å²) in [5.41, 5.74) is 8.02. The minimum absolute atomic E-state index is 0.0853. The first-order chi connectivity index (χ1) is 17.5. The van der Waals surface area contributed by atoms with Crippen LogP contribution in [0.15, 0.2) is 12.1 Å². The normalized spacial score (nSPS) is 17.3. The number of aromatic nitrogens is 2. The Morgan fingerprint density at radius 1 is 1.14 bits per heavy atom. The van der Waals surface area contributed by atoms with Gasteiger partial charge in [-0.1, -0.05) is 23.2 Å². The zero-order chi connectivity index (χ0) is 26.5. The van der Waals surface area contributed by atoms with Gasteiger partial charge in [-0.2, -0.15) is 0 Å². The number of nitrogens with two attached hydrogens (primary N) is 1. The number of amides is 3. The highest BCUT2D eigenvalue weighted by Crippen LogP contribution is 2.42. The van der Waals surface area contributed by atoms with Crippen molar-refractivity contribution in [3.05, 3.63) is 33.4 Å². The number of ether oxygens (including phenoxy) is 2. The van der Waals surface area contributed by atoms with Gasteiger partial charge in [0.05, 0.1) is 41.7 Å². The van der Waals surface area contributed by atoms with Gasteiger partial charge < -0.3 is 30.3 Å². The number of nitrogen functional groups attached to an aromatic ring is 1. The fraction of sp³-hybridized carbons (Fsp3) is 0.520. The Morgan fingerprint density at radius 2 is 1.86 bits per heavy atom. The quantitative estimate of drug-likeness (QED) is 0.565. The zero-order valence-electron chi connectivity index (χ0n) is 21.0. The van der Waals surface area contributed by atoms with Gasteiger partial charge in [-0.05, 0) is 45.7 Å². The summed E-state index contributed by atoms with van der Waals surface area (Å²) < 4.78 is 11.6. The van der Waals surface area contributed by atoms with Gasteiger partial charge in [-0.25, -0.2) is 19.6 Å². The van der Waals surface area contributed by atoms with Crippen molar-refractivity contribution < 1.29 is 19.1 Å². The van der Waals surface area contributed by atoms with Gasteiger partial charge in [0.2, 0.25) is 5.95 Å². The predicted molar refractivity (Wildman–Crippen MR) is 139 cm³/mol. The minimum atomic E-state index is -0.543. The molecule has 3 aliphatic rings. The zero-order valence-corrected chi connectivity index (χ0v) is 22.5. The van der Waals surface area contributed by atoms with Gasteiger partial charge in [0.25, 0.3) is 0 Å². The monoisotopic (exact) mass is 548 g/mol. The second-order valence-electron chi connectivity index (χ2n) is 10.8. The molecule has 3 N–H and O–H groups in total. The van der Waals surface area contributed by atoms with Crippen LogP contribution in [-0.2, 0) is 17.8 Å². The number of nitrogens with zero attached hydrogens (tertiary/aromatic N) is 4. The van der Waals surface area contributed by atoms with E-state index in [4.69, 9.17) is 38.4 Å². The SMILES string of the molecule is CC(C)(C)OC(=O)N1CC(COc2cc(Cl)cc(Cl)c2-c2nc(N)nc3c2CN(C(=O)NC2CC2)C3)C1. The Labute approximate surface area is 225 Å². The van der Waals surface area contributed by atoms with Crippen molar-refractivity contribution in [1.29, 1.82) is 0 Å². The molecular formula is C25H30Cl2N6O4. The van der Waals surface area contributed by atoms with Crippen LogP contribution >= 0.6 is 23.2 Å². The molecule has 10 nitrogen and oxygen atoms in total. The van der Waals surface area contributed by atoms with E-state index in [-0.39, 0.29) is 30.0 Å². The summed E-state index contributed by atoms with van der Waals surface area (Å²) in [6, 6.07) is 3.42. The van der Waals surface area contributed by atoms with Crippen LogP contribution in [0.4, 0.5) is 15.5 Å². The molecule has 2 aromatic rings. The van der Waals surface area contributed by atoms with Crippen molar-refractivity contribution >= 4 is 41.3 Å². The maximum Gasteiger partial charge on any atom is 0.410 e. The molecule has 3 amide bonds. The summed E-state index contributed by atoms with van der Waals surface area (Å²) in [5.74, 6) is 0.664. The van der Waals surface area contributed by atoms with E-state index in [0.717, 1.165) is 18.4 Å². The van der Waals surface area contributed by atoms with Gasteiger partial charge in [-0.15, -0.1) is 0 Å². The Morgan fingerprint density at radius 3 is 2.54 bits per heavy atom. The maximum absolute atomic E-state index is 12.7. The lowest BCUT2D eigenvalue weighted by atomic mass is 10.0. The van der Waals surface area contributed by atoms with E-state index in [1.807, 2.05) is 20.8 Å². The van der Waals surface area contributed by atoms with Gasteiger partial charge in [0, 0.05) is 35.6 Å². The second-order valence-corrected chi connectivity index (χ2v) is 11.6. The molecule has 1 saturated carbocycles.